The van der Waals surface area contributed by atoms with Gasteiger partial charge < -0.3 is 35.3 Å². The van der Waals surface area contributed by atoms with Crippen LogP contribution in [-0.2, 0) is 6.61 Å². The predicted octanol–water partition coefficient (Wildman–Crippen LogP) is 5.88. The topological polar surface area (TPSA) is 117 Å². The zero-order chi connectivity index (χ0) is 33.2. The summed E-state index contributed by atoms with van der Waals surface area (Å²) in [4.78, 5) is 17.4. The fourth-order valence-electron chi connectivity index (χ4n) is 4.65. The normalized spacial score (nSPS) is 11.5. The molecule has 0 radical (unpaired) electrons. The van der Waals surface area contributed by atoms with Crippen LogP contribution in [0.4, 0.5) is 21.6 Å². The lowest BCUT2D eigenvalue weighted by molar-refractivity contribution is 0.102. The van der Waals surface area contributed by atoms with Gasteiger partial charge in [0, 0.05) is 23.2 Å². The molecule has 0 saturated heterocycles. The lowest BCUT2D eigenvalue weighted by atomic mass is 10.2. The molecule has 9 nitrogen and oxygen atoms in total. The van der Waals surface area contributed by atoms with Gasteiger partial charge in [0.05, 0.1) is 25.5 Å². The SMILES string of the molecule is C=c1cc(OCc2ccccc2)c(OC)c/c1=C(/C=C\N)Oc1ccc(Nc2ncccc2C(=O)Nc2ccccc2OC)cc1F. The van der Waals surface area contributed by atoms with Crippen molar-refractivity contribution in [3.8, 4) is 23.0 Å². The van der Waals surface area contributed by atoms with Crippen molar-refractivity contribution in [2.24, 2.45) is 5.73 Å². The van der Waals surface area contributed by atoms with Crippen molar-refractivity contribution in [3.63, 3.8) is 0 Å². The number of ether oxygens (including phenoxy) is 4. The fraction of sp³-hybridized carbons (Fsp3) is 0.0811. The highest BCUT2D eigenvalue weighted by Gasteiger charge is 2.16. The number of hydrogen-bond acceptors (Lipinski definition) is 8. The van der Waals surface area contributed by atoms with Crippen molar-refractivity contribution in [3.05, 3.63) is 143 Å². The highest BCUT2D eigenvalue weighted by molar-refractivity contribution is 6.08. The Morgan fingerprint density at radius 2 is 1.66 bits per heavy atom. The Morgan fingerprint density at radius 3 is 2.40 bits per heavy atom. The number of amides is 1. The van der Waals surface area contributed by atoms with Crippen LogP contribution in [0.5, 0.6) is 23.0 Å². The van der Waals surface area contributed by atoms with Gasteiger partial charge in [0.25, 0.3) is 5.91 Å². The first-order valence-corrected chi connectivity index (χ1v) is 14.5. The minimum Gasteiger partial charge on any atom is -0.495 e. The van der Waals surface area contributed by atoms with Crippen molar-refractivity contribution >= 4 is 35.4 Å². The molecule has 0 atom stereocenters. The third kappa shape index (κ3) is 7.87. The van der Waals surface area contributed by atoms with Gasteiger partial charge in [-0.05, 0) is 71.6 Å². The van der Waals surface area contributed by atoms with E-state index in [1.165, 1.54) is 44.8 Å². The van der Waals surface area contributed by atoms with Crippen LogP contribution in [-0.4, -0.2) is 25.1 Å². The standard InChI is InChI=1S/C37H33FN4O5/c1-24-20-35(46-23-25-10-5-4-6-11-25)34(45-3)22-28(24)31(17-18-39)47-32-16-15-26(21-29(32)38)41-36-27(12-9-19-40-36)37(43)42-30-13-7-8-14-33(30)44-2/h4-22H,1,23,39H2,2-3H3,(H,40,41)(H,42,43)/b18-17-,31-28+. The summed E-state index contributed by atoms with van der Waals surface area (Å²) in [5, 5.41) is 6.92. The van der Waals surface area contributed by atoms with Crippen LogP contribution < -0.4 is 45.8 Å². The molecule has 0 aliphatic rings. The van der Waals surface area contributed by atoms with Crippen LogP contribution in [0.15, 0.2) is 116 Å². The van der Waals surface area contributed by atoms with E-state index in [1.807, 2.05) is 30.3 Å². The maximum atomic E-state index is 15.5. The predicted molar refractivity (Wildman–Crippen MR) is 181 cm³/mol. The van der Waals surface area contributed by atoms with Crippen LogP contribution in [0.1, 0.15) is 15.9 Å². The minimum absolute atomic E-state index is 0.0680. The van der Waals surface area contributed by atoms with E-state index in [0.29, 0.717) is 45.7 Å². The molecule has 238 valence electrons. The number of carbonyl (C=O) groups is 1. The molecule has 10 heteroatoms. The number of nitrogens with two attached hydrogens (primary N) is 1. The van der Waals surface area contributed by atoms with Crippen LogP contribution >= 0.6 is 0 Å². The van der Waals surface area contributed by atoms with Gasteiger partial charge in [-0.15, -0.1) is 0 Å². The van der Waals surface area contributed by atoms with Crippen molar-refractivity contribution in [1.29, 1.82) is 0 Å². The molecule has 4 N–H and O–H groups in total. The van der Waals surface area contributed by atoms with E-state index < -0.39 is 11.7 Å². The summed E-state index contributed by atoms with van der Waals surface area (Å²) in [7, 11) is 3.04. The molecular formula is C37H33FN4O5. The number of nitrogens with one attached hydrogen (secondary N) is 2. The zero-order valence-electron chi connectivity index (χ0n) is 25.8. The second kappa shape index (κ2) is 15.1. The summed E-state index contributed by atoms with van der Waals surface area (Å²) in [5.74, 6) is 0.753. The second-order valence-corrected chi connectivity index (χ2v) is 10.1. The Hall–Kier alpha value is -6.29. The zero-order valence-corrected chi connectivity index (χ0v) is 25.8. The van der Waals surface area contributed by atoms with Crippen molar-refractivity contribution in [2.75, 3.05) is 24.9 Å². The van der Waals surface area contributed by atoms with E-state index in [9.17, 15) is 4.79 Å². The first-order valence-electron chi connectivity index (χ1n) is 14.5. The third-order valence-corrected chi connectivity index (χ3v) is 6.96. The van der Waals surface area contributed by atoms with E-state index >= 15 is 4.39 Å². The number of halogens is 1. The van der Waals surface area contributed by atoms with Gasteiger partial charge in [-0.1, -0.05) is 49.0 Å². The minimum atomic E-state index is -0.672. The molecule has 0 bridgehead atoms. The molecule has 5 aromatic rings. The number of nitrogens with zero attached hydrogens (tertiary/aromatic N) is 1. The van der Waals surface area contributed by atoms with Crippen molar-refractivity contribution in [2.45, 2.75) is 6.61 Å². The lowest BCUT2D eigenvalue weighted by Gasteiger charge is -2.14. The first-order chi connectivity index (χ1) is 22.9. The van der Waals surface area contributed by atoms with Crippen LogP contribution in [0.3, 0.4) is 0 Å². The highest BCUT2D eigenvalue weighted by Crippen LogP contribution is 2.29. The smallest absolute Gasteiger partial charge is 0.259 e. The van der Waals surface area contributed by atoms with Gasteiger partial charge in [-0.2, -0.15) is 0 Å². The molecule has 0 aliphatic carbocycles. The summed E-state index contributed by atoms with van der Waals surface area (Å²) >= 11 is 0. The van der Waals surface area contributed by atoms with E-state index in [1.54, 1.807) is 54.6 Å². The average molecular weight is 633 g/mol. The molecule has 0 spiro atoms. The van der Waals surface area contributed by atoms with Gasteiger partial charge in [0.15, 0.2) is 23.1 Å². The Balaban J connectivity index is 1.38. The maximum absolute atomic E-state index is 15.5. The molecule has 4 aromatic carbocycles. The number of para-hydroxylation sites is 2. The van der Waals surface area contributed by atoms with E-state index in [4.69, 9.17) is 24.7 Å². The number of methoxy groups -OCH3 is 2. The molecule has 0 saturated carbocycles. The average Bonchev–Trinajstić information content (AvgIpc) is 3.09. The molecule has 47 heavy (non-hydrogen) atoms. The maximum Gasteiger partial charge on any atom is 0.259 e. The monoisotopic (exact) mass is 632 g/mol. The molecule has 1 aromatic heterocycles. The second-order valence-electron chi connectivity index (χ2n) is 10.1. The molecule has 0 fully saturated rings. The highest BCUT2D eigenvalue weighted by atomic mass is 19.1. The van der Waals surface area contributed by atoms with Crippen molar-refractivity contribution < 1.29 is 28.1 Å². The van der Waals surface area contributed by atoms with E-state index in [0.717, 1.165) is 5.56 Å². The first kappa shape index (κ1) is 32.1. The van der Waals surface area contributed by atoms with E-state index in [2.05, 4.69) is 22.2 Å². The quantitative estimate of drug-likeness (QED) is 0.156. The van der Waals surface area contributed by atoms with Crippen molar-refractivity contribution in [1.82, 2.24) is 4.98 Å². The Kier molecular flexibility index (Phi) is 10.3. The summed E-state index contributed by atoms with van der Waals surface area (Å²) in [6.45, 7) is 4.47. The Labute approximate surface area is 271 Å². The van der Waals surface area contributed by atoms with Gasteiger partial charge in [0.1, 0.15) is 23.9 Å². The number of benzene rings is 4. The summed E-state index contributed by atoms with van der Waals surface area (Å²) in [5.41, 5.74) is 7.81. The number of hydrogen-bond donors (Lipinski definition) is 3. The molecule has 1 amide bonds. The fourth-order valence-corrected chi connectivity index (χ4v) is 4.65. The number of aromatic nitrogens is 1. The number of pyridine rings is 1. The van der Waals surface area contributed by atoms with Gasteiger partial charge in [0.2, 0.25) is 0 Å². The van der Waals surface area contributed by atoms with Crippen LogP contribution in [0.25, 0.3) is 12.3 Å². The van der Waals surface area contributed by atoms with E-state index in [-0.39, 0.29) is 22.9 Å². The summed E-state index contributed by atoms with van der Waals surface area (Å²) < 4.78 is 38.3. The largest absolute Gasteiger partial charge is 0.495 e. The van der Waals surface area contributed by atoms with Crippen LogP contribution in [0, 0.1) is 5.82 Å². The third-order valence-electron chi connectivity index (χ3n) is 6.96. The van der Waals surface area contributed by atoms with Gasteiger partial charge >= 0.3 is 0 Å². The number of carbonyl (C=O) groups excluding carboxylic acids is 1. The molecule has 1 heterocycles. The molecule has 0 unspecified atom stereocenters. The Bertz CT molecular complexity index is 2020. The summed E-state index contributed by atoms with van der Waals surface area (Å²) in [6, 6.07) is 27.7. The number of anilines is 3. The van der Waals surface area contributed by atoms with Gasteiger partial charge in [-0.25, -0.2) is 9.37 Å². The van der Waals surface area contributed by atoms with Gasteiger partial charge in [-0.3, -0.25) is 4.79 Å². The Morgan fingerprint density at radius 1 is 0.894 bits per heavy atom. The lowest BCUT2D eigenvalue weighted by Crippen LogP contribution is -2.27. The van der Waals surface area contributed by atoms with Crippen LogP contribution in [0.2, 0.25) is 0 Å². The summed E-state index contributed by atoms with van der Waals surface area (Å²) in [6.07, 6.45) is 4.31. The molecular weight excluding hydrogens is 599 g/mol. The number of rotatable bonds is 12. The molecule has 5 rings (SSSR count). The molecule has 0 aliphatic heterocycles.